The molecule has 5 aliphatic rings. The number of rotatable bonds is 8. The molecule has 60 heavy (non-hydrogen) atoms. The number of carbonyl (C=O) groups is 1. The number of hydrogen-bond donors (Lipinski definition) is 1. The van der Waals surface area contributed by atoms with Crippen molar-refractivity contribution in [2.24, 2.45) is 50.2 Å². The Balaban J connectivity index is 0.966. The van der Waals surface area contributed by atoms with Crippen LogP contribution < -0.4 is 0 Å². The molecule has 3 unspecified atom stereocenters. The Bertz CT molecular complexity index is 2290. The van der Waals surface area contributed by atoms with E-state index in [1.807, 2.05) is 60.9 Å². The van der Waals surface area contributed by atoms with Crippen LogP contribution in [0.25, 0.3) is 11.4 Å². The monoisotopic (exact) mass is 854 g/mol. The molecule has 4 fully saturated rings. The van der Waals surface area contributed by atoms with Gasteiger partial charge in [-0.25, -0.2) is 9.36 Å². The van der Waals surface area contributed by atoms with Gasteiger partial charge in [-0.05, 0) is 151 Å². The zero-order valence-corrected chi connectivity index (χ0v) is 37.6. The topological polar surface area (TPSA) is 117 Å². The summed E-state index contributed by atoms with van der Waals surface area (Å²) in [5, 5.41) is 30.7. The van der Waals surface area contributed by atoms with Gasteiger partial charge in [0.1, 0.15) is 18.0 Å². The van der Waals surface area contributed by atoms with Crippen LogP contribution in [0.15, 0.2) is 72.6 Å². The molecule has 0 radical (unpaired) electrons. The fraction of sp³-hybridized carbons (Fsp3) is 0.604. The molecular weight excluding hydrogens is 795 g/mol. The number of ether oxygens (including phenoxy) is 2. The molecule has 5 aliphatic carbocycles. The van der Waals surface area contributed by atoms with E-state index in [1.165, 1.54) is 5.57 Å². The lowest BCUT2D eigenvalue weighted by Gasteiger charge is -2.71. The van der Waals surface area contributed by atoms with E-state index in [2.05, 4.69) is 75.2 Å². The highest BCUT2D eigenvalue weighted by molar-refractivity contribution is 6.30. The Morgan fingerprint density at radius 2 is 1.35 bits per heavy atom. The molecule has 9 rings (SSSR count). The number of aliphatic hydroxyl groups is 1. The molecule has 0 spiro atoms. The number of hydrogen-bond acceptors (Lipinski definition) is 8. The first-order chi connectivity index (χ1) is 28.4. The van der Waals surface area contributed by atoms with Crippen molar-refractivity contribution in [1.29, 1.82) is 0 Å². The predicted octanol–water partition coefficient (Wildman–Crippen LogP) is 10.6. The number of nitrogens with zero attached hydrogens (tertiary/aromatic N) is 6. The molecule has 1 N–H and O–H groups in total. The summed E-state index contributed by atoms with van der Waals surface area (Å²) in [5.41, 5.74) is 3.59. The third kappa shape index (κ3) is 6.69. The fourth-order valence-corrected chi connectivity index (χ4v) is 13.8. The number of allylic oxidation sites excluding steroid dienone is 2. The van der Waals surface area contributed by atoms with Crippen molar-refractivity contribution in [2.45, 2.75) is 132 Å². The minimum Gasteiger partial charge on any atom is -0.459 e. The molecule has 10 nitrogen and oxygen atoms in total. The van der Waals surface area contributed by atoms with Crippen LogP contribution in [0.4, 0.5) is 0 Å². The summed E-state index contributed by atoms with van der Waals surface area (Å²) in [6.45, 7) is 17.2. The number of aliphatic hydroxyl groups excluding tert-OH is 1. The van der Waals surface area contributed by atoms with Crippen molar-refractivity contribution in [3.8, 4) is 11.4 Å². The first-order valence-corrected chi connectivity index (χ1v) is 22.7. The lowest BCUT2D eigenvalue weighted by molar-refractivity contribution is -0.242. The molecule has 2 aromatic heterocycles. The molecule has 2 aromatic carbocycles. The largest absolute Gasteiger partial charge is 0.459 e. The standard InChI is InChI=1S/C48H60Cl2N6O4/c1-43(2)20-22-48(42(58)60-29-33-27-56(54-52-33)35-14-10-31(50)11-15-35)23-21-46(6)36(37(48)24-43)16-17-40-45(5)25-38(41(57)44(3,4)39(45)18-19-47(40,46)7)59-28-32-26-55(53-51-32)34-12-8-30(49)9-13-34/h8-16,26-27,37-41,57H,17-25,28-29H2,1-7H3/t37?,38-,39?,40?,41+,45+,46-,47-,48+/m1/s1. The van der Waals surface area contributed by atoms with E-state index >= 15 is 0 Å². The lowest BCUT2D eigenvalue weighted by atomic mass is 9.33. The molecule has 0 saturated heterocycles. The average Bonchev–Trinajstić information content (AvgIpc) is 3.89. The summed E-state index contributed by atoms with van der Waals surface area (Å²) in [6.07, 6.45) is 13.8. The molecule has 0 amide bonds. The van der Waals surface area contributed by atoms with Gasteiger partial charge in [0, 0.05) is 10.0 Å². The van der Waals surface area contributed by atoms with Gasteiger partial charge in [-0.15, -0.1) is 10.2 Å². The lowest BCUT2D eigenvalue weighted by Crippen LogP contribution is -2.67. The fourth-order valence-electron chi connectivity index (χ4n) is 13.5. The van der Waals surface area contributed by atoms with Crippen LogP contribution in [-0.2, 0) is 27.5 Å². The van der Waals surface area contributed by atoms with E-state index in [0.29, 0.717) is 27.6 Å². The summed E-state index contributed by atoms with van der Waals surface area (Å²) in [6, 6.07) is 14.9. The molecule has 9 atom stereocenters. The number of aromatic nitrogens is 6. The van der Waals surface area contributed by atoms with Gasteiger partial charge in [0.15, 0.2) is 0 Å². The Kier molecular flexibility index (Phi) is 10.3. The second-order valence-corrected chi connectivity index (χ2v) is 21.9. The normalized spacial score (nSPS) is 35.3. The highest BCUT2D eigenvalue weighted by atomic mass is 35.5. The van der Waals surface area contributed by atoms with Crippen LogP contribution in [0.3, 0.4) is 0 Å². The maximum atomic E-state index is 14.7. The van der Waals surface area contributed by atoms with E-state index < -0.39 is 11.5 Å². The van der Waals surface area contributed by atoms with Crippen molar-refractivity contribution in [1.82, 2.24) is 30.0 Å². The van der Waals surface area contributed by atoms with Gasteiger partial charge < -0.3 is 14.6 Å². The number of esters is 1. The SMILES string of the molecule is CC1(C)CC[C@]2(C(=O)OCc3cn(-c4ccc(Cl)cc4)nn3)CC[C@]3(C)C(=CCC4[C@@]5(C)C[C@@H](OCc6cn(-c7ccc(Cl)cc7)nn6)[C@H](O)C(C)(C)C5CC[C@]43C)C2C1. The Labute approximate surface area is 364 Å². The van der Waals surface area contributed by atoms with Crippen molar-refractivity contribution in [3.63, 3.8) is 0 Å². The van der Waals surface area contributed by atoms with Crippen LogP contribution >= 0.6 is 23.2 Å². The molecular formula is C48H60Cl2N6O4. The summed E-state index contributed by atoms with van der Waals surface area (Å²) in [5.74, 6) is 0.750. The van der Waals surface area contributed by atoms with Gasteiger partial charge in [0.2, 0.25) is 0 Å². The van der Waals surface area contributed by atoms with Gasteiger partial charge in [-0.2, -0.15) is 0 Å². The van der Waals surface area contributed by atoms with Gasteiger partial charge in [0.25, 0.3) is 0 Å². The van der Waals surface area contributed by atoms with Crippen LogP contribution in [0.5, 0.6) is 0 Å². The quantitative estimate of drug-likeness (QED) is 0.138. The molecule has 0 bridgehead atoms. The third-order valence-corrected chi connectivity index (χ3v) is 17.5. The molecule has 12 heteroatoms. The van der Waals surface area contributed by atoms with E-state index in [-0.39, 0.29) is 58.3 Å². The van der Waals surface area contributed by atoms with E-state index in [1.54, 1.807) is 9.36 Å². The minimum atomic E-state index is -0.607. The second kappa shape index (κ2) is 14.8. The minimum absolute atomic E-state index is 0.00432. The van der Waals surface area contributed by atoms with Crippen molar-refractivity contribution < 1.29 is 19.4 Å². The van der Waals surface area contributed by atoms with Crippen LogP contribution in [-0.4, -0.2) is 53.3 Å². The number of fused-ring (bicyclic) bond motifs is 7. The summed E-state index contributed by atoms with van der Waals surface area (Å²) in [7, 11) is 0. The van der Waals surface area contributed by atoms with Crippen LogP contribution in [0.2, 0.25) is 10.0 Å². The third-order valence-electron chi connectivity index (χ3n) is 17.0. The maximum Gasteiger partial charge on any atom is 0.313 e. The average molecular weight is 856 g/mol. The number of benzene rings is 2. The maximum absolute atomic E-state index is 14.7. The number of carbonyl (C=O) groups excluding carboxylic acids is 1. The Morgan fingerprint density at radius 1 is 0.767 bits per heavy atom. The summed E-state index contributed by atoms with van der Waals surface area (Å²) >= 11 is 12.2. The van der Waals surface area contributed by atoms with Gasteiger partial charge in [0.05, 0.1) is 48.0 Å². The Hall–Kier alpha value is -3.57. The highest BCUT2D eigenvalue weighted by Crippen LogP contribution is 2.76. The predicted molar refractivity (Wildman–Crippen MR) is 232 cm³/mol. The molecule has 320 valence electrons. The van der Waals surface area contributed by atoms with Crippen molar-refractivity contribution in [3.05, 3.63) is 94.0 Å². The van der Waals surface area contributed by atoms with Gasteiger partial charge >= 0.3 is 5.97 Å². The summed E-state index contributed by atoms with van der Waals surface area (Å²) < 4.78 is 16.4. The van der Waals surface area contributed by atoms with Gasteiger partial charge in [-0.1, -0.05) is 93.7 Å². The molecule has 2 heterocycles. The Morgan fingerprint density at radius 3 is 1.97 bits per heavy atom. The number of halogens is 2. The van der Waals surface area contributed by atoms with Crippen molar-refractivity contribution in [2.75, 3.05) is 0 Å². The second-order valence-electron chi connectivity index (χ2n) is 21.0. The molecule has 4 saturated carbocycles. The van der Waals surface area contributed by atoms with E-state index in [9.17, 15) is 9.90 Å². The van der Waals surface area contributed by atoms with Crippen LogP contribution in [0, 0.1) is 50.2 Å². The van der Waals surface area contributed by atoms with Crippen molar-refractivity contribution >= 4 is 29.2 Å². The van der Waals surface area contributed by atoms with Gasteiger partial charge in [-0.3, -0.25) is 4.79 Å². The smallest absolute Gasteiger partial charge is 0.313 e. The summed E-state index contributed by atoms with van der Waals surface area (Å²) in [4.78, 5) is 14.7. The molecule has 4 aromatic rings. The first kappa shape index (κ1) is 41.8. The highest BCUT2D eigenvalue weighted by Gasteiger charge is 2.70. The van der Waals surface area contributed by atoms with E-state index in [0.717, 1.165) is 74.9 Å². The first-order valence-electron chi connectivity index (χ1n) is 21.9. The van der Waals surface area contributed by atoms with E-state index in [4.69, 9.17) is 32.7 Å². The van der Waals surface area contributed by atoms with Crippen LogP contribution in [0.1, 0.15) is 118 Å². The zero-order chi connectivity index (χ0) is 42.5. The molecule has 0 aliphatic heterocycles. The zero-order valence-electron chi connectivity index (χ0n) is 36.1.